The van der Waals surface area contributed by atoms with Gasteiger partial charge in [0.15, 0.2) is 0 Å². The van der Waals surface area contributed by atoms with Gasteiger partial charge in [-0.25, -0.2) is 4.39 Å². The number of benzene rings is 1. The maximum Gasteiger partial charge on any atom is 0.132 e. The van der Waals surface area contributed by atoms with Crippen molar-refractivity contribution in [3.05, 3.63) is 34.1 Å². The van der Waals surface area contributed by atoms with Crippen molar-refractivity contribution in [2.24, 2.45) is 0 Å². The van der Waals surface area contributed by atoms with E-state index >= 15 is 0 Å². The topological polar surface area (TPSA) is 3.24 Å². The lowest BCUT2D eigenvalue weighted by Crippen LogP contribution is -2.12. The zero-order valence-corrected chi connectivity index (χ0v) is 8.90. The van der Waals surface area contributed by atoms with E-state index in [2.05, 4.69) is 6.04 Å². The minimum absolute atomic E-state index is 0.278. The average molecular weight is 212 g/mol. The Labute approximate surface area is 88.5 Å². The highest BCUT2D eigenvalue weighted by Gasteiger charge is 2.10. The monoisotopic (exact) mass is 211 g/mol. The van der Waals surface area contributed by atoms with Crippen LogP contribution in [0, 0.1) is 25.2 Å². The number of terminal acetylenes is 1. The molecule has 0 atom stereocenters. The fourth-order valence-electron chi connectivity index (χ4n) is 1.14. The summed E-state index contributed by atoms with van der Waals surface area (Å²) >= 11 is 5.87. The predicted octanol–water partition coefficient (Wildman–Crippen LogP) is 2.81. The molecule has 0 saturated heterocycles. The summed E-state index contributed by atoms with van der Waals surface area (Å²) < 4.78 is 13.6. The standard InChI is InChI=1S/C11H11ClFN/c1-4-14(3)7-9-10(12)6-5-8(2)11(9)13/h1,5-6H,7H2,2-3H3. The summed E-state index contributed by atoms with van der Waals surface area (Å²) in [7, 11) is 1.71. The van der Waals surface area contributed by atoms with Crippen LogP contribution in [-0.4, -0.2) is 11.9 Å². The van der Waals surface area contributed by atoms with Crippen LogP contribution in [0.5, 0.6) is 0 Å². The van der Waals surface area contributed by atoms with E-state index in [1.165, 1.54) is 0 Å². The number of hydrogen-bond acceptors (Lipinski definition) is 1. The average Bonchev–Trinajstić information content (AvgIpc) is 2.18. The molecular formula is C11H11ClFN. The zero-order chi connectivity index (χ0) is 10.7. The van der Waals surface area contributed by atoms with Gasteiger partial charge in [-0.05, 0) is 18.6 Å². The fraction of sp³-hybridized carbons (Fsp3) is 0.273. The summed E-state index contributed by atoms with van der Waals surface area (Å²) in [6, 6.07) is 5.73. The third-order valence-electron chi connectivity index (χ3n) is 1.99. The second-order valence-electron chi connectivity index (χ2n) is 3.14. The van der Waals surface area contributed by atoms with E-state index in [9.17, 15) is 4.39 Å². The molecule has 0 aliphatic carbocycles. The van der Waals surface area contributed by atoms with Gasteiger partial charge in [0, 0.05) is 23.7 Å². The van der Waals surface area contributed by atoms with Crippen LogP contribution in [0.15, 0.2) is 12.1 Å². The van der Waals surface area contributed by atoms with Crippen molar-refractivity contribution < 1.29 is 4.39 Å². The lowest BCUT2D eigenvalue weighted by Gasteiger charge is -2.13. The summed E-state index contributed by atoms with van der Waals surface area (Å²) in [5.41, 5.74) is 1.03. The molecule has 0 unspecified atom stereocenters. The Morgan fingerprint density at radius 3 is 2.79 bits per heavy atom. The highest BCUT2D eigenvalue weighted by Crippen LogP contribution is 2.22. The van der Waals surface area contributed by atoms with Crippen LogP contribution >= 0.6 is 11.6 Å². The fourth-order valence-corrected chi connectivity index (χ4v) is 1.35. The second-order valence-corrected chi connectivity index (χ2v) is 3.55. The predicted molar refractivity (Wildman–Crippen MR) is 56.4 cm³/mol. The Balaban J connectivity index is 3.08. The second kappa shape index (κ2) is 4.34. The molecule has 0 aliphatic rings. The van der Waals surface area contributed by atoms with Crippen molar-refractivity contribution in [3.63, 3.8) is 0 Å². The molecule has 3 heteroatoms. The lowest BCUT2D eigenvalue weighted by atomic mass is 10.1. The largest absolute Gasteiger partial charge is 0.331 e. The Kier molecular flexibility index (Phi) is 3.38. The SMILES string of the molecule is C#CN(C)Cc1c(Cl)ccc(C)c1F. The minimum Gasteiger partial charge on any atom is -0.331 e. The van der Waals surface area contributed by atoms with E-state index in [0.29, 0.717) is 22.7 Å². The van der Waals surface area contributed by atoms with Crippen LogP contribution in [0.25, 0.3) is 0 Å². The first-order valence-corrected chi connectivity index (χ1v) is 4.55. The Hall–Kier alpha value is -1.20. The Morgan fingerprint density at radius 1 is 1.57 bits per heavy atom. The first-order valence-electron chi connectivity index (χ1n) is 4.17. The zero-order valence-electron chi connectivity index (χ0n) is 8.14. The normalized spacial score (nSPS) is 9.64. The van der Waals surface area contributed by atoms with Gasteiger partial charge >= 0.3 is 0 Å². The maximum atomic E-state index is 13.6. The van der Waals surface area contributed by atoms with Gasteiger partial charge in [-0.1, -0.05) is 24.1 Å². The van der Waals surface area contributed by atoms with E-state index in [4.69, 9.17) is 18.0 Å². The lowest BCUT2D eigenvalue weighted by molar-refractivity contribution is 0.460. The van der Waals surface area contributed by atoms with Gasteiger partial charge < -0.3 is 4.90 Å². The molecule has 74 valence electrons. The molecule has 1 rings (SSSR count). The van der Waals surface area contributed by atoms with E-state index < -0.39 is 0 Å². The molecule has 0 spiro atoms. The third-order valence-corrected chi connectivity index (χ3v) is 2.35. The third kappa shape index (κ3) is 2.18. The Bertz CT molecular complexity index is 382. The van der Waals surface area contributed by atoms with E-state index in [-0.39, 0.29) is 5.82 Å². The van der Waals surface area contributed by atoms with Crippen molar-refractivity contribution in [2.75, 3.05) is 7.05 Å². The molecule has 1 nitrogen and oxygen atoms in total. The van der Waals surface area contributed by atoms with E-state index in [0.717, 1.165) is 0 Å². The van der Waals surface area contributed by atoms with Crippen molar-refractivity contribution in [2.45, 2.75) is 13.5 Å². The number of aryl methyl sites for hydroxylation is 1. The van der Waals surface area contributed by atoms with Crippen LogP contribution in [0.3, 0.4) is 0 Å². The Morgan fingerprint density at radius 2 is 2.21 bits per heavy atom. The number of halogens is 2. The van der Waals surface area contributed by atoms with Crippen molar-refractivity contribution in [3.8, 4) is 12.5 Å². The van der Waals surface area contributed by atoms with Crippen LogP contribution in [0.4, 0.5) is 4.39 Å². The molecule has 0 bridgehead atoms. The van der Waals surface area contributed by atoms with Crippen molar-refractivity contribution in [1.82, 2.24) is 4.90 Å². The van der Waals surface area contributed by atoms with E-state index in [1.54, 1.807) is 31.0 Å². The summed E-state index contributed by atoms with van der Waals surface area (Å²) in [6.45, 7) is 2.02. The smallest absolute Gasteiger partial charge is 0.132 e. The van der Waals surface area contributed by atoms with Gasteiger partial charge in [0.1, 0.15) is 5.82 Å². The molecule has 0 amide bonds. The van der Waals surface area contributed by atoms with Gasteiger partial charge in [0.25, 0.3) is 0 Å². The molecule has 14 heavy (non-hydrogen) atoms. The molecule has 0 heterocycles. The summed E-state index contributed by atoms with van der Waals surface area (Å²) in [5.74, 6) is -0.278. The van der Waals surface area contributed by atoms with Crippen LogP contribution in [0.1, 0.15) is 11.1 Å². The molecular weight excluding hydrogens is 201 g/mol. The quantitative estimate of drug-likeness (QED) is 0.537. The van der Waals surface area contributed by atoms with Crippen LogP contribution in [0.2, 0.25) is 5.02 Å². The van der Waals surface area contributed by atoms with Crippen molar-refractivity contribution >= 4 is 11.6 Å². The molecule has 1 aromatic carbocycles. The molecule has 1 aromatic rings. The molecule has 0 radical (unpaired) electrons. The van der Waals surface area contributed by atoms with Gasteiger partial charge in [-0.2, -0.15) is 0 Å². The van der Waals surface area contributed by atoms with Crippen LogP contribution in [-0.2, 0) is 6.54 Å². The molecule has 0 aliphatic heterocycles. The van der Waals surface area contributed by atoms with Gasteiger partial charge in [0.05, 0.1) is 6.54 Å². The van der Waals surface area contributed by atoms with Gasteiger partial charge in [0.2, 0.25) is 0 Å². The van der Waals surface area contributed by atoms with Crippen LogP contribution < -0.4 is 0 Å². The van der Waals surface area contributed by atoms with Gasteiger partial charge in [-0.3, -0.25) is 0 Å². The highest BCUT2D eigenvalue weighted by atomic mass is 35.5. The summed E-state index contributed by atoms with van der Waals surface area (Å²) in [5, 5.41) is 0.412. The number of hydrogen-bond donors (Lipinski definition) is 0. The molecule has 0 fully saturated rings. The molecule has 0 aromatic heterocycles. The maximum absolute atomic E-state index is 13.6. The van der Waals surface area contributed by atoms with E-state index in [1.807, 2.05) is 0 Å². The van der Waals surface area contributed by atoms with Gasteiger partial charge in [-0.15, -0.1) is 0 Å². The first kappa shape index (κ1) is 10.9. The number of nitrogens with zero attached hydrogens (tertiary/aromatic N) is 1. The highest BCUT2D eigenvalue weighted by molar-refractivity contribution is 6.31. The molecule has 0 N–H and O–H groups in total. The molecule has 0 saturated carbocycles. The first-order chi connectivity index (χ1) is 6.56. The summed E-state index contributed by atoms with van der Waals surface area (Å²) in [6.07, 6.45) is 5.17. The minimum atomic E-state index is -0.278. The summed E-state index contributed by atoms with van der Waals surface area (Å²) in [4.78, 5) is 1.55. The number of rotatable bonds is 2. The van der Waals surface area contributed by atoms with Crippen molar-refractivity contribution in [1.29, 1.82) is 0 Å².